The summed E-state index contributed by atoms with van der Waals surface area (Å²) >= 11 is 0. The summed E-state index contributed by atoms with van der Waals surface area (Å²) in [4.78, 5) is 9.49. The van der Waals surface area contributed by atoms with Gasteiger partial charge in [-0.05, 0) is 38.7 Å². The van der Waals surface area contributed by atoms with Crippen LogP contribution in [-0.4, -0.2) is 5.97 Å². The van der Waals surface area contributed by atoms with Gasteiger partial charge in [-0.1, -0.05) is 74.0 Å². The van der Waals surface area contributed by atoms with Crippen LogP contribution in [0.3, 0.4) is 0 Å². The fraction of sp³-hybridized carbons (Fsp3) is 0.150. The van der Waals surface area contributed by atoms with E-state index in [4.69, 9.17) is 0 Å². The molecular formula is C20H17O2-. The SMILES string of the molecule is CCCC(=O)[O-].c1cc2ccc3cccc4ccc(c1)c2c34. The quantitative estimate of drug-likeness (QED) is 0.521. The molecule has 0 fully saturated rings. The summed E-state index contributed by atoms with van der Waals surface area (Å²) in [5.74, 6) is -0.961. The molecule has 4 rings (SSSR count). The molecule has 2 nitrogen and oxygen atoms in total. The van der Waals surface area contributed by atoms with Gasteiger partial charge in [0.2, 0.25) is 0 Å². The summed E-state index contributed by atoms with van der Waals surface area (Å²) in [6.45, 7) is 1.80. The predicted molar refractivity (Wildman–Crippen MR) is 90.1 cm³/mol. The van der Waals surface area contributed by atoms with Gasteiger partial charge in [0.05, 0.1) is 0 Å². The second-order valence-corrected chi connectivity index (χ2v) is 5.41. The molecule has 22 heavy (non-hydrogen) atoms. The van der Waals surface area contributed by atoms with E-state index in [9.17, 15) is 9.90 Å². The van der Waals surface area contributed by atoms with Gasteiger partial charge >= 0.3 is 0 Å². The lowest BCUT2D eigenvalue weighted by molar-refractivity contribution is -0.305. The number of aliphatic carboxylic acids is 1. The van der Waals surface area contributed by atoms with Crippen LogP contribution in [0.1, 0.15) is 19.8 Å². The third kappa shape index (κ3) is 2.60. The highest BCUT2D eigenvalue weighted by Crippen LogP contribution is 2.33. The normalized spacial score (nSPS) is 10.8. The van der Waals surface area contributed by atoms with E-state index in [1.807, 2.05) is 0 Å². The van der Waals surface area contributed by atoms with Crippen LogP contribution in [0.15, 0.2) is 60.7 Å². The predicted octanol–water partition coefficient (Wildman–Crippen LogP) is 4.12. The molecule has 4 aromatic carbocycles. The highest BCUT2D eigenvalue weighted by molar-refractivity contribution is 6.22. The van der Waals surface area contributed by atoms with Crippen molar-refractivity contribution in [1.82, 2.24) is 0 Å². The monoisotopic (exact) mass is 289 g/mol. The van der Waals surface area contributed by atoms with E-state index in [0.29, 0.717) is 6.42 Å². The molecule has 110 valence electrons. The van der Waals surface area contributed by atoms with E-state index in [-0.39, 0.29) is 6.42 Å². The van der Waals surface area contributed by atoms with Crippen LogP contribution in [0, 0.1) is 0 Å². The highest BCUT2D eigenvalue weighted by atomic mass is 16.4. The average Bonchev–Trinajstić information content (AvgIpc) is 2.53. The summed E-state index contributed by atoms with van der Waals surface area (Å²) < 4.78 is 0. The van der Waals surface area contributed by atoms with Crippen LogP contribution in [0.4, 0.5) is 0 Å². The highest BCUT2D eigenvalue weighted by Gasteiger charge is 2.05. The summed E-state index contributed by atoms with van der Waals surface area (Å²) in [5.41, 5.74) is 0. The Hall–Kier alpha value is -2.61. The minimum absolute atomic E-state index is 0.181. The summed E-state index contributed by atoms with van der Waals surface area (Å²) in [6.07, 6.45) is 0.850. The van der Waals surface area contributed by atoms with Gasteiger partial charge in [0.15, 0.2) is 0 Å². The molecule has 0 saturated heterocycles. The maximum atomic E-state index is 9.49. The molecular weight excluding hydrogens is 272 g/mol. The first-order chi connectivity index (χ1) is 10.7. The number of carbonyl (C=O) groups excluding carboxylic acids is 1. The molecule has 0 atom stereocenters. The summed E-state index contributed by atoms with van der Waals surface area (Å²) in [5, 5.41) is 17.6. The van der Waals surface area contributed by atoms with Crippen molar-refractivity contribution in [2.75, 3.05) is 0 Å². The maximum absolute atomic E-state index is 9.49. The molecule has 4 aromatic rings. The van der Waals surface area contributed by atoms with Crippen molar-refractivity contribution in [3.63, 3.8) is 0 Å². The third-order valence-corrected chi connectivity index (χ3v) is 3.85. The molecule has 0 spiro atoms. The van der Waals surface area contributed by atoms with Gasteiger partial charge < -0.3 is 9.90 Å². The third-order valence-electron chi connectivity index (χ3n) is 3.85. The minimum Gasteiger partial charge on any atom is -0.550 e. The molecule has 0 heterocycles. The molecule has 0 bridgehead atoms. The van der Waals surface area contributed by atoms with Crippen molar-refractivity contribution in [1.29, 1.82) is 0 Å². The number of benzene rings is 4. The molecule has 0 aromatic heterocycles. The van der Waals surface area contributed by atoms with Gasteiger partial charge in [-0.2, -0.15) is 0 Å². The zero-order valence-corrected chi connectivity index (χ0v) is 12.5. The first-order valence-electron chi connectivity index (χ1n) is 7.53. The Kier molecular flexibility index (Phi) is 3.92. The largest absolute Gasteiger partial charge is 0.550 e. The molecule has 0 radical (unpaired) electrons. The van der Waals surface area contributed by atoms with Crippen LogP contribution < -0.4 is 5.11 Å². The Balaban J connectivity index is 0.000000209. The molecule has 0 N–H and O–H groups in total. The second kappa shape index (κ2) is 6.02. The van der Waals surface area contributed by atoms with E-state index < -0.39 is 5.97 Å². The fourth-order valence-corrected chi connectivity index (χ4v) is 2.87. The number of hydrogen-bond acceptors (Lipinski definition) is 2. The van der Waals surface area contributed by atoms with Gasteiger partial charge in [-0.3, -0.25) is 0 Å². The van der Waals surface area contributed by atoms with E-state index in [1.54, 1.807) is 6.92 Å². The Morgan fingerprint density at radius 3 is 1.36 bits per heavy atom. The van der Waals surface area contributed by atoms with Crippen LogP contribution >= 0.6 is 0 Å². The number of carboxylic acids is 1. The molecule has 0 saturated carbocycles. The minimum atomic E-state index is -0.961. The van der Waals surface area contributed by atoms with Crippen LogP contribution in [0.5, 0.6) is 0 Å². The molecule has 0 aliphatic rings. The lowest BCUT2D eigenvalue weighted by Crippen LogP contribution is -2.20. The zero-order valence-electron chi connectivity index (χ0n) is 12.5. The average molecular weight is 289 g/mol. The van der Waals surface area contributed by atoms with Crippen LogP contribution in [0.25, 0.3) is 32.3 Å². The van der Waals surface area contributed by atoms with Crippen LogP contribution in [0.2, 0.25) is 0 Å². The Bertz CT molecular complexity index is 795. The van der Waals surface area contributed by atoms with Gasteiger partial charge in [0.1, 0.15) is 0 Å². The molecule has 0 unspecified atom stereocenters. The zero-order chi connectivity index (χ0) is 15.5. The fourth-order valence-electron chi connectivity index (χ4n) is 2.87. The number of rotatable bonds is 2. The molecule has 2 heteroatoms. The number of hydrogen-bond donors (Lipinski definition) is 0. The van der Waals surface area contributed by atoms with Crippen molar-refractivity contribution in [2.24, 2.45) is 0 Å². The standard InChI is InChI=1S/C16H10.C4H8O2/c1-3-11-7-9-13-5-2-6-14-10-8-12(4-1)15(11)16(13)14;1-2-3-4(5)6/h1-10H;2-3H2,1H3,(H,5,6)/p-1. The lowest BCUT2D eigenvalue weighted by Gasteiger charge is -2.09. The van der Waals surface area contributed by atoms with Crippen molar-refractivity contribution in [2.45, 2.75) is 19.8 Å². The van der Waals surface area contributed by atoms with Crippen molar-refractivity contribution >= 4 is 38.3 Å². The summed E-state index contributed by atoms with van der Waals surface area (Å²) in [6, 6.07) is 21.9. The first-order valence-corrected chi connectivity index (χ1v) is 7.53. The van der Waals surface area contributed by atoms with Crippen LogP contribution in [-0.2, 0) is 4.79 Å². The van der Waals surface area contributed by atoms with E-state index in [0.717, 1.165) is 0 Å². The Labute approximate surface area is 129 Å². The second-order valence-electron chi connectivity index (χ2n) is 5.41. The molecule has 0 amide bonds. The smallest absolute Gasteiger partial charge is 0.0414 e. The van der Waals surface area contributed by atoms with E-state index in [1.165, 1.54) is 32.3 Å². The van der Waals surface area contributed by atoms with Crippen molar-refractivity contribution in [3.8, 4) is 0 Å². The molecule has 0 aliphatic heterocycles. The van der Waals surface area contributed by atoms with E-state index in [2.05, 4.69) is 60.7 Å². The Morgan fingerprint density at radius 1 is 0.773 bits per heavy atom. The van der Waals surface area contributed by atoms with Gasteiger partial charge in [0, 0.05) is 5.97 Å². The van der Waals surface area contributed by atoms with Gasteiger partial charge in [0.25, 0.3) is 0 Å². The maximum Gasteiger partial charge on any atom is 0.0414 e. The summed E-state index contributed by atoms with van der Waals surface area (Å²) in [7, 11) is 0. The number of carboxylic acid groups (broad SMARTS) is 1. The lowest BCUT2D eigenvalue weighted by atomic mass is 9.95. The Morgan fingerprint density at radius 2 is 1.14 bits per heavy atom. The van der Waals surface area contributed by atoms with Crippen molar-refractivity contribution < 1.29 is 9.90 Å². The molecule has 0 aliphatic carbocycles. The number of carbonyl (C=O) groups is 1. The van der Waals surface area contributed by atoms with Crippen molar-refractivity contribution in [3.05, 3.63) is 60.7 Å². The first kappa shape index (κ1) is 14.3. The topological polar surface area (TPSA) is 40.1 Å². The van der Waals surface area contributed by atoms with Gasteiger partial charge in [-0.25, -0.2) is 0 Å². The van der Waals surface area contributed by atoms with Gasteiger partial charge in [-0.15, -0.1) is 0 Å². The van der Waals surface area contributed by atoms with E-state index >= 15 is 0 Å².